The number of hydrogen-bond donors (Lipinski definition) is 2. The summed E-state index contributed by atoms with van der Waals surface area (Å²) in [4.78, 5) is 9.88. The zero-order valence-corrected chi connectivity index (χ0v) is 16.8. The number of ether oxygens (including phenoxy) is 1. The fraction of sp³-hybridized carbons (Fsp3) is 0.706. The van der Waals surface area contributed by atoms with E-state index in [4.69, 9.17) is 4.74 Å². The number of rotatable bonds is 3. The summed E-state index contributed by atoms with van der Waals surface area (Å²) in [6.07, 6.45) is 4.78. The molecule has 1 saturated heterocycles. The SMILES string of the molecule is CN=C(NC1C2CCCOC2C1(C)C)N(C)Cc1ccc[nH]1.I. The maximum atomic E-state index is 5.98. The van der Waals surface area contributed by atoms with E-state index in [0.29, 0.717) is 18.1 Å². The van der Waals surface area contributed by atoms with Crippen molar-refractivity contribution in [3.63, 3.8) is 0 Å². The van der Waals surface area contributed by atoms with Crippen molar-refractivity contribution in [2.24, 2.45) is 16.3 Å². The maximum absolute atomic E-state index is 5.98. The van der Waals surface area contributed by atoms with Gasteiger partial charge in [0, 0.05) is 50.0 Å². The molecule has 1 aromatic heterocycles. The molecule has 6 heteroatoms. The third kappa shape index (κ3) is 3.52. The van der Waals surface area contributed by atoms with E-state index in [1.165, 1.54) is 18.5 Å². The average Bonchev–Trinajstić information content (AvgIpc) is 3.00. The van der Waals surface area contributed by atoms with E-state index in [1.54, 1.807) is 0 Å². The van der Waals surface area contributed by atoms with Crippen LogP contribution in [0.5, 0.6) is 0 Å². The highest BCUT2D eigenvalue weighted by molar-refractivity contribution is 14.0. The molecule has 3 atom stereocenters. The highest BCUT2D eigenvalue weighted by Gasteiger charge is 2.58. The van der Waals surface area contributed by atoms with Crippen LogP contribution in [0.1, 0.15) is 32.4 Å². The first-order valence-corrected chi connectivity index (χ1v) is 8.22. The maximum Gasteiger partial charge on any atom is 0.193 e. The lowest BCUT2D eigenvalue weighted by atomic mass is 9.55. The van der Waals surface area contributed by atoms with Crippen molar-refractivity contribution in [2.75, 3.05) is 20.7 Å². The molecule has 23 heavy (non-hydrogen) atoms. The number of nitrogens with zero attached hydrogens (tertiary/aromatic N) is 2. The molecule has 0 spiro atoms. The second kappa shape index (κ2) is 7.42. The highest BCUT2D eigenvalue weighted by Crippen LogP contribution is 2.51. The minimum Gasteiger partial charge on any atom is -0.377 e. The summed E-state index contributed by atoms with van der Waals surface area (Å²) in [7, 11) is 3.94. The fourth-order valence-corrected chi connectivity index (χ4v) is 4.10. The van der Waals surface area contributed by atoms with Crippen molar-refractivity contribution in [3.8, 4) is 0 Å². The number of nitrogens with one attached hydrogen (secondary N) is 2. The Labute approximate surface area is 156 Å². The van der Waals surface area contributed by atoms with Gasteiger partial charge in [0.2, 0.25) is 0 Å². The second-order valence-corrected chi connectivity index (χ2v) is 7.14. The molecular weight excluding hydrogens is 403 g/mol. The van der Waals surface area contributed by atoms with Gasteiger partial charge >= 0.3 is 0 Å². The van der Waals surface area contributed by atoms with E-state index in [-0.39, 0.29) is 29.4 Å². The summed E-state index contributed by atoms with van der Waals surface area (Å²) in [6.45, 7) is 6.34. The molecule has 0 aromatic carbocycles. The van der Waals surface area contributed by atoms with Gasteiger partial charge in [-0.1, -0.05) is 13.8 Å². The van der Waals surface area contributed by atoms with Crippen LogP contribution in [-0.2, 0) is 11.3 Å². The summed E-state index contributed by atoms with van der Waals surface area (Å²) < 4.78 is 5.98. The number of aromatic nitrogens is 1. The summed E-state index contributed by atoms with van der Waals surface area (Å²) in [6, 6.07) is 4.56. The van der Waals surface area contributed by atoms with Gasteiger partial charge in [0.15, 0.2) is 5.96 Å². The van der Waals surface area contributed by atoms with E-state index >= 15 is 0 Å². The van der Waals surface area contributed by atoms with Crippen LogP contribution in [0.3, 0.4) is 0 Å². The Balaban J connectivity index is 0.00000192. The number of guanidine groups is 1. The topological polar surface area (TPSA) is 52.7 Å². The minimum atomic E-state index is 0. The zero-order chi connectivity index (χ0) is 15.7. The van der Waals surface area contributed by atoms with Gasteiger partial charge in [0.05, 0.1) is 12.6 Å². The molecule has 1 aliphatic heterocycles. The molecule has 3 rings (SSSR count). The fourth-order valence-electron chi connectivity index (χ4n) is 4.10. The molecule has 2 N–H and O–H groups in total. The van der Waals surface area contributed by atoms with Crippen LogP contribution >= 0.6 is 24.0 Å². The molecule has 2 fully saturated rings. The quantitative estimate of drug-likeness (QED) is 0.439. The van der Waals surface area contributed by atoms with Gasteiger partial charge in [-0.15, -0.1) is 24.0 Å². The summed E-state index contributed by atoms with van der Waals surface area (Å²) in [5.74, 6) is 1.57. The molecule has 0 amide bonds. The molecule has 1 saturated carbocycles. The van der Waals surface area contributed by atoms with Crippen molar-refractivity contribution < 1.29 is 4.74 Å². The second-order valence-electron chi connectivity index (χ2n) is 7.14. The standard InChI is InChI=1S/C17H28N4O.HI/c1-17(2)14(13-8-6-10-22-15(13)17)20-16(18-3)21(4)11-12-7-5-9-19-12;/h5,7,9,13-15,19H,6,8,10-11H2,1-4H3,(H,18,20);1H. The van der Waals surface area contributed by atoms with Crippen LogP contribution in [0.2, 0.25) is 0 Å². The molecule has 0 bridgehead atoms. The molecule has 1 aliphatic carbocycles. The summed E-state index contributed by atoms with van der Waals surface area (Å²) >= 11 is 0. The van der Waals surface area contributed by atoms with Crippen LogP contribution in [0.25, 0.3) is 0 Å². The van der Waals surface area contributed by atoms with Gasteiger partial charge in [0.25, 0.3) is 0 Å². The van der Waals surface area contributed by atoms with Crippen LogP contribution in [-0.4, -0.2) is 48.7 Å². The van der Waals surface area contributed by atoms with E-state index in [9.17, 15) is 0 Å². The lowest BCUT2D eigenvalue weighted by Crippen LogP contribution is -2.71. The Bertz CT molecular complexity index is 529. The van der Waals surface area contributed by atoms with Crippen LogP contribution < -0.4 is 5.32 Å². The minimum absolute atomic E-state index is 0. The van der Waals surface area contributed by atoms with Crippen molar-refractivity contribution in [2.45, 2.75) is 45.4 Å². The average molecular weight is 432 g/mol. The van der Waals surface area contributed by atoms with Gasteiger partial charge in [-0.25, -0.2) is 0 Å². The van der Waals surface area contributed by atoms with Gasteiger partial charge in [0.1, 0.15) is 0 Å². The van der Waals surface area contributed by atoms with Gasteiger partial charge in [-0.2, -0.15) is 0 Å². The van der Waals surface area contributed by atoms with Crippen molar-refractivity contribution >= 4 is 29.9 Å². The van der Waals surface area contributed by atoms with E-state index in [2.05, 4.69) is 47.2 Å². The largest absolute Gasteiger partial charge is 0.377 e. The van der Waals surface area contributed by atoms with E-state index in [1.807, 2.05) is 19.3 Å². The number of H-pyrrole nitrogens is 1. The predicted molar refractivity (Wildman–Crippen MR) is 104 cm³/mol. The first-order chi connectivity index (χ1) is 10.5. The highest BCUT2D eigenvalue weighted by atomic mass is 127. The Hall–Kier alpha value is -0.760. The molecule has 2 aliphatic rings. The summed E-state index contributed by atoms with van der Waals surface area (Å²) in [5.41, 5.74) is 1.35. The normalized spacial score (nSPS) is 29.0. The van der Waals surface area contributed by atoms with Gasteiger partial charge in [-0.05, 0) is 25.0 Å². The molecule has 3 unspecified atom stereocenters. The van der Waals surface area contributed by atoms with Crippen molar-refractivity contribution in [1.29, 1.82) is 0 Å². The zero-order valence-electron chi connectivity index (χ0n) is 14.5. The molecule has 0 radical (unpaired) electrons. The number of fused-ring (bicyclic) bond motifs is 1. The van der Waals surface area contributed by atoms with E-state index < -0.39 is 0 Å². The smallest absolute Gasteiger partial charge is 0.193 e. The van der Waals surface area contributed by atoms with Crippen LogP contribution in [0, 0.1) is 11.3 Å². The van der Waals surface area contributed by atoms with Crippen molar-refractivity contribution in [3.05, 3.63) is 24.0 Å². The molecule has 2 heterocycles. The third-order valence-electron chi connectivity index (χ3n) is 5.26. The van der Waals surface area contributed by atoms with Crippen LogP contribution in [0.15, 0.2) is 23.3 Å². The lowest BCUT2D eigenvalue weighted by molar-refractivity contribution is -0.188. The number of aromatic amines is 1. The summed E-state index contributed by atoms with van der Waals surface area (Å²) in [5, 5.41) is 3.69. The van der Waals surface area contributed by atoms with Gasteiger partial charge in [-0.3, -0.25) is 4.99 Å². The number of hydrogen-bond acceptors (Lipinski definition) is 2. The Morgan fingerprint density at radius 1 is 1.52 bits per heavy atom. The van der Waals surface area contributed by atoms with Gasteiger partial charge < -0.3 is 19.9 Å². The molecule has 130 valence electrons. The van der Waals surface area contributed by atoms with E-state index in [0.717, 1.165) is 19.1 Å². The number of aliphatic imine (C=N–C) groups is 1. The molecular formula is C17H29IN4O. The number of halogens is 1. The molecule has 5 nitrogen and oxygen atoms in total. The first kappa shape index (κ1) is 18.6. The monoisotopic (exact) mass is 432 g/mol. The predicted octanol–water partition coefficient (Wildman–Crippen LogP) is 2.84. The third-order valence-corrected chi connectivity index (χ3v) is 5.26. The first-order valence-electron chi connectivity index (χ1n) is 8.22. The lowest BCUT2D eigenvalue weighted by Gasteiger charge is -2.60. The Morgan fingerprint density at radius 2 is 2.30 bits per heavy atom. The Morgan fingerprint density at radius 3 is 2.96 bits per heavy atom. The van der Waals surface area contributed by atoms with Crippen LogP contribution in [0.4, 0.5) is 0 Å². The van der Waals surface area contributed by atoms with Crippen molar-refractivity contribution in [1.82, 2.24) is 15.2 Å². The molecule has 1 aromatic rings. The Kier molecular flexibility index (Phi) is 5.99.